The molecule has 23 heavy (non-hydrogen) atoms. The summed E-state index contributed by atoms with van der Waals surface area (Å²) < 4.78 is 5.20. The van der Waals surface area contributed by atoms with Crippen molar-refractivity contribution in [3.63, 3.8) is 0 Å². The Morgan fingerprint density at radius 3 is 2.48 bits per heavy atom. The Morgan fingerprint density at radius 2 is 1.70 bits per heavy atom. The molecular weight excluding hydrogens is 292 g/mol. The lowest BCUT2D eigenvalue weighted by atomic mass is 10.0. The summed E-state index contributed by atoms with van der Waals surface area (Å²) in [6.45, 7) is 0. The van der Waals surface area contributed by atoms with Crippen LogP contribution in [0.25, 0.3) is 11.0 Å². The van der Waals surface area contributed by atoms with Crippen LogP contribution in [-0.4, -0.2) is 10.9 Å². The second-order valence-corrected chi connectivity index (χ2v) is 5.41. The zero-order valence-electron chi connectivity index (χ0n) is 12.5. The van der Waals surface area contributed by atoms with Gasteiger partial charge in [0.2, 0.25) is 0 Å². The van der Waals surface area contributed by atoms with Crippen molar-refractivity contribution in [2.24, 2.45) is 0 Å². The molecule has 1 N–H and O–H groups in total. The molecule has 0 amide bonds. The highest BCUT2D eigenvalue weighted by Gasteiger charge is 2.15. The lowest BCUT2D eigenvalue weighted by Gasteiger charge is -2.06. The number of rotatable bonds is 5. The van der Waals surface area contributed by atoms with Crippen LogP contribution in [0.15, 0.2) is 63.8 Å². The first kappa shape index (κ1) is 15.0. The first-order chi connectivity index (χ1) is 11.1. The maximum Gasteiger partial charge on any atom is 0.343 e. The van der Waals surface area contributed by atoms with Crippen LogP contribution in [0.5, 0.6) is 5.75 Å². The van der Waals surface area contributed by atoms with E-state index in [0.29, 0.717) is 17.4 Å². The van der Waals surface area contributed by atoms with E-state index in [1.807, 2.05) is 30.3 Å². The standard InChI is InChI=1S/C19H16O4/c20-14(12-13-6-2-1-3-7-13)10-11-16-18(21)15-8-4-5-9-17(15)23-19(16)22/h1-9,21H,10-12H2. The third-order valence-corrected chi connectivity index (χ3v) is 3.78. The number of hydrogen-bond acceptors (Lipinski definition) is 4. The summed E-state index contributed by atoms with van der Waals surface area (Å²) in [5.74, 6) is -0.0764. The fraction of sp³-hybridized carbons (Fsp3) is 0.158. The van der Waals surface area contributed by atoms with Gasteiger partial charge in [0.1, 0.15) is 17.1 Å². The van der Waals surface area contributed by atoms with Gasteiger partial charge in [0.05, 0.1) is 10.9 Å². The summed E-state index contributed by atoms with van der Waals surface area (Å²) >= 11 is 0. The zero-order valence-corrected chi connectivity index (χ0v) is 12.5. The van der Waals surface area contributed by atoms with Gasteiger partial charge in [-0.05, 0) is 24.1 Å². The number of carbonyl (C=O) groups excluding carboxylic acids is 1. The van der Waals surface area contributed by atoms with Gasteiger partial charge in [0.25, 0.3) is 0 Å². The van der Waals surface area contributed by atoms with Crippen LogP contribution in [0.4, 0.5) is 0 Å². The summed E-state index contributed by atoms with van der Waals surface area (Å²) in [5, 5.41) is 10.7. The molecule has 0 bridgehead atoms. The van der Waals surface area contributed by atoms with Gasteiger partial charge in [0.15, 0.2) is 0 Å². The van der Waals surface area contributed by atoms with Gasteiger partial charge in [-0.15, -0.1) is 0 Å². The van der Waals surface area contributed by atoms with E-state index in [0.717, 1.165) is 5.56 Å². The van der Waals surface area contributed by atoms with Crippen LogP contribution in [0, 0.1) is 0 Å². The molecule has 2 aromatic carbocycles. The number of carbonyl (C=O) groups is 1. The smallest absolute Gasteiger partial charge is 0.343 e. The van der Waals surface area contributed by atoms with E-state index >= 15 is 0 Å². The van der Waals surface area contributed by atoms with Crippen molar-refractivity contribution in [2.75, 3.05) is 0 Å². The van der Waals surface area contributed by atoms with Crippen molar-refractivity contribution in [2.45, 2.75) is 19.3 Å². The Morgan fingerprint density at radius 1 is 1.00 bits per heavy atom. The van der Waals surface area contributed by atoms with Gasteiger partial charge in [-0.25, -0.2) is 4.79 Å². The normalized spacial score (nSPS) is 10.8. The first-order valence-electron chi connectivity index (χ1n) is 7.44. The Hall–Kier alpha value is -2.88. The molecule has 4 nitrogen and oxygen atoms in total. The van der Waals surface area contributed by atoms with E-state index in [9.17, 15) is 14.7 Å². The van der Waals surface area contributed by atoms with Crippen molar-refractivity contribution >= 4 is 16.8 Å². The average Bonchev–Trinajstić information content (AvgIpc) is 2.55. The summed E-state index contributed by atoms with van der Waals surface area (Å²) in [5.41, 5.74) is 0.848. The van der Waals surface area contributed by atoms with Crippen LogP contribution < -0.4 is 5.63 Å². The zero-order chi connectivity index (χ0) is 16.2. The molecular formula is C19H16O4. The fourth-order valence-electron chi connectivity index (χ4n) is 2.57. The molecule has 0 atom stereocenters. The molecule has 0 aliphatic heterocycles. The summed E-state index contributed by atoms with van der Waals surface area (Å²) in [7, 11) is 0. The third kappa shape index (κ3) is 3.31. The van der Waals surface area contributed by atoms with Gasteiger partial charge in [-0.3, -0.25) is 4.79 Å². The molecule has 0 saturated heterocycles. The number of aromatic hydroxyl groups is 1. The van der Waals surface area contributed by atoms with Crippen molar-refractivity contribution in [3.05, 3.63) is 76.1 Å². The second kappa shape index (κ2) is 6.48. The van der Waals surface area contributed by atoms with Crippen LogP contribution in [0.2, 0.25) is 0 Å². The number of Topliss-reactive ketones (excluding diaryl/α,β-unsaturated/α-hetero) is 1. The maximum atomic E-state index is 12.1. The van der Waals surface area contributed by atoms with Crippen molar-refractivity contribution in [1.82, 2.24) is 0 Å². The van der Waals surface area contributed by atoms with Crippen molar-refractivity contribution < 1.29 is 14.3 Å². The van der Waals surface area contributed by atoms with Crippen LogP contribution in [0.3, 0.4) is 0 Å². The molecule has 0 spiro atoms. The predicted molar refractivity (Wildman–Crippen MR) is 87.6 cm³/mol. The predicted octanol–water partition coefficient (Wildman–Crippen LogP) is 3.24. The first-order valence-corrected chi connectivity index (χ1v) is 7.44. The Balaban J connectivity index is 1.77. The van der Waals surface area contributed by atoms with E-state index in [4.69, 9.17) is 4.42 Å². The van der Waals surface area contributed by atoms with Crippen molar-refractivity contribution in [3.8, 4) is 5.75 Å². The summed E-state index contributed by atoms with van der Waals surface area (Å²) in [6, 6.07) is 16.2. The minimum Gasteiger partial charge on any atom is -0.507 e. The lowest BCUT2D eigenvalue weighted by Crippen LogP contribution is -2.11. The van der Waals surface area contributed by atoms with Crippen molar-refractivity contribution in [1.29, 1.82) is 0 Å². The van der Waals surface area contributed by atoms with Gasteiger partial charge in [-0.1, -0.05) is 42.5 Å². The van der Waals surface area contributed by atoms with E-state index in [1.165, 1.54) is 0 Å². The number of hydrogen-bond donors (Lipinski definition) is 1. The Kier molecular flexibility index (Phi) is 4.24. The number of benzene rings is 2. The molecule has 3 aromatic rings. The molecule has 0 unspecified atom stereocenters. The highest BCUT2D eigenvalue weighted by atomic mass is 16.4. The highest BCUT2D eigenvalue weighted by Crippen LogP contribution is 2.26. The third-order valence-electron chi connectivity index (χ3n) is 3.78. The van der Waals surface area contributed by atoms with E-state index < -0.39 is 5.63 Å². The minimum atomic E-state index is -0.589. The monoisotopic (exact) mass is 308 g/mol. The summed E-state index contributed by atoms with van der Waals surface area (Å²) in [4.78, 5) is 24.0. The van der Waals surface area contributed by atoms with Crippen LogP contribution >= 0.6 is 0 Å². The average molecular weight is 308 g/mol. The Labute approximate surface area is 133 Å². The molecule has 0 aliphatic carbocycles. The molecule has 0 aliphatic rings. The van der Waals surface area contributed by atoms with Gasteiger partial charge >= 0.3 is 5.63 Å². The minimum absolute atomic E-state index is 0.0168. The second-order valence-electron chi connectivity index (χ2n) is 5.41. The Bertz CT molecular complexity index is 894. The topological polar surface area (TPSA) is 67.5 Å². The van der Waals surface area contributed by atoms with Gasteiger partial charge in [-0.2, -0.15) is 0 Å². The van der Waals surface area contributed by atoms with E-state index in [2.05, 4.69) is 0 Å². The molecule has 3 rings (SSSR count). The molecule has 0 fully saturated rings. The summed E-state index contributed by atoms with van der Waals surface area (Å²) in [6.07, 6.45) is 0.677. The molecule has 4 heteroatoms. The molecule has 1 heterocycles. The molecule has 0 saturated carbocycles. The molecule has 1 aromatic heterocycles. The largest absolute Gasteiger partial charge is 0.507 e. The van der Waals surface area contributed by atoms with Crippen LogP contribution in [-0.2, 0) is 17.6 Å². The fourth-order valence-corrected chi connectivity index (χ4v) is 2.57. The van der Waals surface area contributed by atoms with E-state index in [-0.39, 0.29) is 29.9 Å². The molecule has 0 radical (unpaired) electrons. The molecule has 116 valence electrons. The maximum absolute atomic E-state index is 12.1. The quantitative estimate of drug-likeness (QED) is 0.735. The lowest BCUT2D eigenvalue weighted by molar-refractivity contribution is -0.118. The highest BCUT2D eigenvalue weighted by molar-refractivity contribution is 5.85. The number of para-hydroxylation sites is 1. The number of fused-ring (bicyclic) bond motifs is 1. The van der Waals surface area contributed by atoms with Crippen LogP contribution in [0.1, 0.15) is 17.5 Å². The number of ketones is 1. The van der Waals surface area contributed by atoms with Gasteiger partial charge < -0.3 is 9.52 Å². The SMILES string of the molecule is O=C(CCc1c(O)c2ccccc2oc1=O)Cc1ccccc1. The van der Waals surface area contributed by atoms with Gasteiger partial charge in [0, 0.05) is 12.8 Å². The van der Waals surface area contributed by atoms with E-state index in [1.54, 1.807) is 24.3 Å².